The van der Waals surface area contributed by atoms with Crippen LogP contribution in [0.5, 0.6) is 0 Å². The fraction of sp³-hybridized carbons (Fsp3) is 0.588. The molecule has 1 aromatic rings. The van der Waals surface area contributed by atoms with Crippen LogP contribution in [0.4, 0.5) is 5.69 Å². The van der Waals surface area contributed by atoms with Gasteiger partial charge in [0.2, 0.25) is 0 Å². The van der Waals surface area contributed by atoms with Crippen LogP contribution in [-0.4, -0.2) is 47.7 Å². The van der Waals surface area contributed by atoms with Crippen molar-refractivity contribution in [3.05, 3.63) is 30.3 Å². The van der Waals surface area contributed by atoms with Gasteiger partial charge >= 0.3 is 5.97 Å². The van der Waals surface area contributed by atoms with Crippen molar-refractivity contribution in [2.45, 2.75) is 38.3 Å². The Labute approximate surface area is 126 Å². The lowest BCUT2D eigenvalue weighted by molar-refractivity contribution is -0.142. The molecule has 2 aliphatic rings. The molecule has 2 heterocycles. The summed E-state index contributed by atoms with van der Waals surface area (Å²) in [4.78, 5) is 16.1. The molecule has 2 unspecified atom stereocenters. The highest BCUT2D eigenvalue weighted by atomic mass is 16.4. The highest BCUT2D eigenvalue weighted by molar-refractivity contribution is 5.71. The van der Waals surface area contributed by atoms with Crippen LogP contribution in [0.2, 0.25) is 0 Å². The van der Waals surface area contributed by atoms with Gasteiger partial charge in [-0.05, 0) is 44.9 Å². The third-order valence-electron chi connectivity index (χ3n) is 5.18. The zero-order valence-electron chi connectivity index (χ0n) is 12.6. The van der Waals surface area contributed by atoms with Crippen molar-refractivity contribution in [2.75, 3.05) is 24.5 Å². The lowest BCUT2D eigenvalue weighted by atomic mass is 9.99. The van der Waals surface area contributed by atoms with Gasteiger partial charge in [-0.25, -0.2) is 0 Å². The number of aliphatic carboxylic acids is 1. The van der Waals surface area contributed by atoms with E-state index < -0.39 is 5.97 Å². The highest BCUT2D eigenvalue weighted by Crippen LogP contribution is 2.31. The fourth-order valence-electron chi connectivity index (χ4n) is 3.90. The van der Waals surface area contributed by atoms with Crippen LogP contribution in [0.3, 0.4) is 0 Å². The average molecular weight is 288 g/mol. The summed E-state index contributed by atoms with van der Waals surface area (Å²) in [5.41, 5.74) is 1.30. The smallest absolute Gasteiger partial charge is 0.308 e. The predicted octanol–water partition coefficient (Wildman–Crippen LogP) is 2.45. The van der Waals surface area contributed by atoms with Gasteiger partial charge in [-0.2, -0.15) is 0 Å². The van der Waals surface area contributed by atoms with Crippen LogP contribution in [0, 0.1) is 5.92 Å². The van der Waals surface area contributed by atoms with Crippen molar-refractivity contribution >= 4 is 11.7 Å². The van der Waals surface area contributed by atoms with Gasteiger partial charge in [-0.3, -0.25) is 9.69 Å². The van der Waals surface area contributed by atoms with E-state index in [9.17, 15) is 9.90 Å². The second-order valence-electron chi connectivity index (χ2n) is 6.27. The van der Waals surface area contributed by atoms with E-state index in [0.717, 1.165) is 38.9 Å². The third-order valence-corrected chi connectivity index (χ3v) is 5.18. The minimum absolute atomic E-state index is 0.177. The Morgan fingerprint density at radius 1 is 1.10 bits per heavy atom. The van der Waals surface area contributed by atoms with Crippen LogP contribution in [0.15, 0.2) is 30.3 Å². The van der Waals surface area contributed by atoms with Gasteiger partial charge in [-0.15, -0.1) is 0 Å². The normalized spacial score (nSPS) is 28.0. The molecule has 114 valence electrons. The van der Waals surface area contributed by atoms with E-state index in [0.29, 0.717) is 6.04 Å². The number of likely N-dealkylation sites (tertiary alicyclic amines) is 1. The van der Waals surface area contributed by atoms with E-state index in [1.54, 1.807) is 0 Å². The van der Waals surface area contributed by atoms with E-state index in [1.807, 2.05) is 6.07 Å². The number of carboxylic acids is 1. The summed E-state index contributed by atoms with van der Waals surface area (Å²) in [7, 11) is 0. The Hall–Kier alpha value is -1.55. The molecule has 2 atom stereocenters. The van der Waals surface area contributed by atoms with Crippen LogP contribution in [0.25, 0.3) is 0 Å². The number of anilines is 1. The molecule has 4 heteroatoms. The van der Waals surface area contributed by atoms with Crippen LogP contribution < -0.4 is 4.90 Å². The minimum atomic E-state index is -0.633. The van der Waals surface area contributed by atoms with E-state index in [4.69, 9.17) is 0 Å². The molecule has 2 aliphatic heterocycles. The summed E-state index contributed by atoms with van der Waals surface area (Å²) in [6.45, 7) is 5.15. The maximum atomic E-state index is 11.2. The lowest BCUT2D eigenvalue weighted by Gasteiger charge is -2.39. The molecule has 0 aromatic heterocycles. The highest BCUT2D eigenvalue weighted by Gasteiger charge is 2.39. The van der Waals surface area contributed by atoms with Crippen LogP contribution in [0.1, 0.15) is 26.2 Å². The molecular weight excluding hydrogens is 264 g/mol. The Morgan fingerprint density at radius 2 is 1.76 bits per heavy atom. The van der Waals surface area contributed by atoms with Crippen molar-refractivity contribution in [1.82, 2.24) is 4.90 Å². The third kappa shape index (κ3) is 2.91. The van der Waals surface area contributed by atoms with Crippen LogP contribution >= 0.6 is 0 Å². The Bertz CT molecular complexity index is 483. The molecule has 2 fully saturated rings. The number of benzene rings is 1. The molecule has 3 rings (SSSR count). The van der Waals surface area contributed by atoms with Crippen LogP contribution in [-0.2, 0) is 4.79 Å². The number of hydrogen-bond donors (Lipinski definition) is 1. The first-order chi connectivity index (χ1) is 10.2. The topological polar surface area (TPSA) is 43.8 Å². The molecule has 21 heavy (non-hydrogen) atoms. The van der Waals surface area contributed by atoms with Crippen molar-refractivity contribution in [3.8, 4) is 0 Å². The van der Waals surface area contributed by atoms with Crippen molar-refractivity contribution in [3.63, 3.8) is 0 Å². The van der Waals surface area contributed by atoms with E-state index >= 15 is 0 Å². The van der Waals surface area contributed by atoms with Crippen molar-refractivity contribution < 1.29 is 9.90 Å². The first-order valence-corrected chi connectivity index (χ1v) is 7.95. The summed E-state index contributed by atoms with van der Waals surface area (Å²) in [5.74, 6) is -0.816. The lowest BCUT2D eigenvalue weighted by Crippen LogP contribution is -2.47. The second kappa shape index (κ2) is 6.06. The number of carbonyl (C=O) groups is 1. The molecule has 2 saturated heterocycles. The standard InChI is InChI=1S/C17H24N2O2/c1-13-16(17(20)21)9-12-19(13)15-7-10-18(11-8-15)14-5-3-2-4-6-14/h2-6,13,15-16H,7-12H2,1H3,(H,20,21). The molecule has 1 N–H and O–H groups in total. The summed E-state index contributed by atoms with van der Waals surface area (Å²) < 4.78 is 0. The molecule has 0 amide bonds. The van der Waals surface area contributed by atoms with E-state index in [1.165, 1.54) is 5.69 Å². The van der Waals surface area contributed by atoms with Crippen molar-refractivity contribution in [2.24, 2.45) is 5.92 Å². The zero-order chi connectivity index (χ0) is 14.8. The van der Waals surface area contributed by atoms with E-state index in [-0.39, 0.29) is 12.0 Å². The first-order valence-electron chi connectivity index (χ1n) is 7.95. The fourth-order valence-corrected chi connectivity index (χ4v) is 3.90. The molecule has 0 saturated carbocycles. The zero-order valence-corrected chi connectivity index (χ0v) is 12.6. The second-order valence-corrected chi connectivity index (χ2v) is 6.27. The monoisotopic (exact) mass is 288 g/mol. The predicted molar refractivity (Wildman–Crippen MR) is 83.6 cm³/mol. The Balaban J connectivity index is 1.58. The van der Waals surface area contributed by atoms with Gasteiger partial charge in [0.15, 0.2) is 0 Å². The van der Waals surface area contributed by atoms with Gasteiger partial charge in [0.25, 0.3) is 0 Å². The average Bonchev–Trinajstić information content (AvgIpc) is 2.90. The number of piperidine rings is 1. The number of para-hydroxylation sites is 1. The minimum Gasteiger partial charge on any atom is -0.481 e. The quantitative estimate of drug-likeness (QED) is 0.928. The summed E-state index contributed by atoms with van der Waals surface area (Å²) in [6, 6.07) is 11.3. The van der Waals surface area contributed by atoms with E-state index in [2.05, 4.69) is 41.0 Å². The summed E-state index contributed by atoms with van der Waals surface area (Å²) in [5, 5.41) is 9.26. The molecule has 0 spiro atoms. The number of hydrogen-bond acceptors (Lipinski definition) is 3. The summed E-state index contributed by atoms with van der Waals surface area (Å²) in [6.07, 6.45) is 3.06. The Morgan fingerprint density at radius 3 is 2.33 bits per heavy atom. The van der Waals surface area contributed by atoms with Gasteiger partial charge in [0.05, 0.1) is 5.92 Å². The molecule has 0 radical (unpaired) electrons. The largest absolute Gasteiger partial charge is 0.481 e. The molecular formula is C17H24N2O2. The number of carboxylic acid groups (broad SMARTS) is 1. The number of rotatable bonds is 3. The Kier molecular flexibility index (Phi) is 4.15. The van der Waals surface area contributed by atoms with Gasteiger partial charge in [0, 0.05) is 30.9 Å². The maximum absolute atomic E-state index is 11.2. The first kappa shape index (κ1) is 14.4. The van der Waals surface area contributed by atoms with Gasteiger partial charge < -0.3 is 10.0 Å². The van der Waals surface area contributed by atoms with Crippen molar-refractivity contribution in [1.29, 1.82) is 0 Å². The molecule has 0 bridgehead atoms. The van der Waals surface area contributed by atoms with Gasteiger partial charge in [-0.1, -0.05) is 18.2 Å². The SMILES string of the molecule is CC1C(C(=O)O)CCN1C1CCN(c2ccccc2)CC1. The summed E-state index contributed by atoms with van der Waals surface area (Å²) >= 11 is 0. The number of nitrogens with zero attached hydrogens (tertiary/aromatic N) is 2. The van der Waals surface area contributed by atoms with Gasteiger partial charge in [0.1, 0.15) is 0 Å². The molecule has 1 aromatic carbocycles. The molecule has 0 aliphatic carbocycles. The molecule has 4 nitrogen and oxygen atoms in total. The maximum Gasteiger partial charge on any atom is 0.308 e.